The van der Waals surface area contributed by atoms with Gasteiger partial charge >= 0.3 is 0 Å². The minimum Gasteiger partial charge on any atom is -0.497 e. The molecule has 0 saturated carbocycles. The lowest BCUT2D eigenvalue weighted by Crippen LogP contribution is -2.06. The molecule has 1 N–H and O–H groups in total. The van der Waals surface area contributed by atoms with E-state index in [0.717, 1.165) is 16.5 Å². The van der Waals surface area contributed by atoms with E-state index in [-0.39, 0.29) is 5.78 Å². The van der Waals surface area contributed by atoms with Crippen LogP contribution in [0.15, 0.2) is 54.7 Å². The zero-order valence-corrected chi connectivity index (χ0v) is 12.2. The van der Waals surface area contributed by atoms with Crippen LogP contribution in [0.5, 0.6) is 5.75 Å². The molecule has 1 atom stereocenters. The lowest BCUT2D eigenvalue weighted by Gasteiger charge is -2.08. The van der Waals surface area contributed by atoms with Gasteiger partial charge in [-0.2, -0.15) is 0 Å². The number of H-pyrrole nitrogens is 1. The van der Waals surface area contributed by atoms with E-state index >= 15 is 0 Å². The van der Waals surface area contributed by atoms with Crippen LogP contribution in [-0.2, 0) is 0 Å². The molecule has 1 heterocycles. The molecule has 0 aliphatic heterocycles. The molecular weight excluding hydrogens is 286 g/mol. The van der Waals surface area contributed by atoms with E-state index in [4.69, 9.17) is 16.3 Å². The number of carbonyl (C=O) groups excluding carboxylic acids is 1. The molecule has 2 aromatic carbocycles. The molecule has 106 valence electrons. The van der Waals surface area contributed by atoms with Crippen molar-refractivity contribution in [2.45, 2.75) is 5.38 Å². The third-order valence-corrected chi connectivity index (χ3v) is 3.93. The summed E-state index contributed by atoms with van der Waals surface area (Å²) in [6.45, 7) is 0. The fraction of sp³-hybridized carbons (Fsp3) is 0.118. The maximum absolute atomic E-state index is 12.6. The van der Waals surface area contributed by atoms with Crippen molar-refractivity contribution in [1.82, 2.24) is 4.98 Å². The van der Waals surface area contributed by atoms with Gasteiger partial charge in [0.2, 0.25) is 0 Å². The average molecular weight is 300 g/mol. The van der Waals surface area contributed by atoms with E-state index in [0.29, 0.717) is 11.3 Å². The summed E-state index contributed by atoms with van der Waals surface area (Å²) in [7, 11) is 1.60. The summed E-state index contributed by atoms with van der Waals surface area (Å²) in [5.41, 5.74) is 2.25. The highest BCUT2D eigenvalue weighted by Gasteiger charge is 2.22. The first-order valence-corrected chi connectivity index (χ1v) is 7.02. The Kier molecular flexibility index (Phi) is 3.67. The molecule has 0 aliphatic carbocycles. The fourth-order valence-corrected chi connectivity index (χ4v) is 2.60. The number of fused-ring (bicyclic) bond motifs is 1. The maximum atomic E-state index is 12.6. The van der Waals surface area contributed by atoms with Crippen LogP contribution in [0.1, 0.15) is 21.3 Å². The molecule has 0 bridgehead atoms. The maximum Gasteiger partial charge on any atom is 0.187 e. The Morgan fingerprint density at radius 3 is 2.67 bits per heavy atom. The zero-order chi connectivity index (χ0) is 14.8. The molecule has 1 unspecified atom stereocenters. The number of ketones is 1. The predicted molar refractivity (Wildman–Crippen MR) is 84.2 cm³/mol. The van der Waals surface area contributed by atoms with E-state index in [2.05, 4.69) is 4.98 Å². The quantitative estimate of drug-likeness (QED) is 0.575. The number of nitrogens with one attached hydrogen (secondary N) is 1. The summed E-state index contributed by atoms with van der Waals surface area (Å²) in [6, 6.07) is 14.9. The van der Waals surface area contributed by atoms with Crippen molar-refractivity contribution < 1.29 is 9.53 Å². The second-order valence-electron chi connectivity index (χ2n) is 4.75. The summed E-state index contributed by atoms with van der Waals surface area (Å²) in [4.78, 5) is 15.7. The number of hydrogen-bond acceptors (Lipinski definition) is 2. The van der Waals surface area contributed by atoms with Crippen molar-refractivity contribution in [3.05, 3.63) is 65.9 Å². The Hall–Kier alpha value is -2.26. The van der Waals surface area contributed by atoms with Gasteiger partial charge < -0.3 is 9.72 Å². The van der Waals surface area contributed by atoms with Gasteiger partial charge in [-0.05, 0) is 23.8 Å². The molecule has 3 nitrogen and oxygen atoms in total. The number of carbonyl (C=O) groups is 1. The molecular formula is C17H14ClNO2. The van der Waals surface area contributed by atoms with E-state index < -0.39 is 5.38 Å². The van der Waals surface area contributed by atoms with Crippen LogP contribution in [0.3, 0.4) is 0 Å². The van der Waals surface area contributed by atoms with E-state index in [1.807, 2.05) is 48.5 Å². The van der Waals surface area contributed by atoms with Gasteiger partial charge in [0.05, 0.1) is 7.11 Å². The lowest BCUT2D eigenvalue weighted by atomic mass is 10.0. The van der Waals surface area contributed by atoms with Crippen LogP contribution < -0.4 is 4.74 Å². The Morgan fingerprint density at radius 1 is 1.19 bits per heavy atom. The Labute approximate surface area is 127 Å². The molecule has 4 heteroatoms. The summed E-state index contributed by atoms with van der Waals surface area (Å²) in [5, 5.41) is 0.123. The number of Topliss-reactive ketones (excluding diaryl/α,β-unsaturated/α-hetero) is 1. The molecule has 3 aromatic rings. The first-order valence-electron chi connectivity index (χ1n) is 6.59. The van der Waals surface area contributed by atoms with Crippen LogP contribution in [0, 0.1) is 0 Å². The predicted octanol–water partition coefficient (Wildman–Crippen LogP) is 4.34. The number of aromatic amines is 1. The van der Waals surface area contributed by atoms with Crippen molar-refractivity contribution in [3.8, 4) is 5.75 Å². The number of methoxy groups -OCH3 is 1. The molecule has 0 saturated heterocycles. The van der Waals surface area contributed by atoms with Gasteiger partial charge in [-0.1, -0.05) is 30.3 Å². The van der Waals surface area contributed by atoms with Gasteiger partial charge in [-0.15, -0.1) is 11.6 Å². The number of rotatable bonds is 4. The third kappa shape index (κ3) is 2.52. The number of alkyl halides is 1. The van der Waals surface area contributed by atoms with E-state index in [1.165, 1.54) is 0 Å². The standard InChI is InChI=1S/C17H14ClNO2/c1-21-12-7-8-15-13(9-12)14(10-19-15)17(20)16(18)11-5-3-2-4-6-11/h2-10,16,19H,1H3. The lowest BCUT2D eigenvalue weighted by molar-refractivity contribution is 0.0988. The van der Waals surface area contributed by atoms with Gasteiger partial charge in [0.25, 0.3) is 0 Å². The molecule has 0 fully saturated rings. The first kappa shape index (κ1) is 13.7. The summed E-state index contributed by atoms with van der Waals surface area (Å²) < 4.78 is 5.21. The van der Waals surface area contributed by atoms with Crippen molar-refractivity contribution >= 4 is 28.3 Å². The smallest absolute Gasteiger partial charge is 0.187 e. The van der Waals surface area contributed by atoms with Crippen molar-refractivity contribution in [1.29, 1.82) is 0 Å². The number of benzene rings is 2. The topological polar surface area (TPSA) is 42.1 Å². The van der Waals surface area contributed by atoms with E-state index in [1.54, 1.807) is 13.3 Å². The largest absolute Gasteiger partial charge is 0.497 e. The van der Waals surface area contributed by atoms with Crippen LogP contribution in [0.2, 0.25) is 0 Å². The highest BCUT2D eigenvalue weighted by Crippen LogP contribution is 2.30. The SMILES string of the molecule is COc1ccc2[nH]cc(C(=O)C(Cl)c3ccccc3)c2c1. The Morgan fingerprint density at radius 2 is 1.95 bits per heavy atom. The van der Waals surface area contributed by atoms with Crippen LogP contribution in [-0.4, -0.2) is 17.9 Å². The van der Waals surface area contributed by atoms with Crippen LogP contribution in [0.4, 0.5) is 0 Å². The molecule has 1 aromatic heterocycles. The molecule has 0 radical (unpaired) electrons. The monoisotopic (exact) mass is 299 g/mol. The minimum absolute atomic E-state index is 0.123. The Bertz CT molecular complexity index is 780. The van der Waals surface area contributed by atoms with Crippen molar-refractivity contribution in [2.75, 3.05) is 7.11 Å². The molecule has 0 amide bonds. The van der Waals surface area contributed by atoms with Crippen LogP contribution >= 0.6 is 11.6 Å². The number of hydrogen-bond donors (Lipinski definition) is 1. The average Bonchev–Trinajstić information content (AvgIpc) is 2.97. The number of ether oxygens (including phenoxy) is 1. The molecule has 0 spiro atoms. The normalized spacial score (nSPS) is 12.3. The fourth-order valence-electron chi connectivity index (χ4n) is 2.34. The van der Waals surface area contributed by atoms with Gasteiger partial charge in [0.15, 0.2) is 5.78 Å². The second kappa shape index (κ2) is 5.62. The Balaban J connectivity index is 2.01. The molecule has 21 heavy (non-hydrogen) atoms. The molecule has 3 rings (SSSR count). The van der Waals surface area contributed by atoms with Gasteiger partial charge in [-0.3, -0.25) is 4.79 Å². The zero-order valence-electron chi connectivity index (χ0n) is 11.5. The first-order chi connectivity index (χ1) is 10.2. The highest BCUT2D eigenvalue weighted by molar-refractivity contribution is 6.35. The summed E-state index contributed by atoms with van der Waals surface area (Å²) in [5.74, 6) is 0.587. The third-order valence-electron chi connectivity index (χ3n) is 3.48. The molecule has 0 aliphatic rings. The van der Waals surface area contributed by atoms with Crippen molar-refractivity contribution in [3.63, 3.8) is 0 Å². The summed E-state index contributed by atoms with van der Waals surface area (Å²) >= 11 is 6.33. The summed E-state index contributed by atoms with van der Waals surface area (Å²) in [6.07, 6.45) is 1.70. The van der Waals surface area contributed by atoms with Crippen molar-refractivity contribution in [2.24, 2.45) is 0 Å². The van der Waals surface area contributed by atoms with Crippen LogP contribution in [0.25, 0.3) is 10.9 Å². The van der Waals surface area contributed by atoms with Gasteiger partial charge in [-0.25, -0.2) is 0 Å². The van der Waals surface area contributed by atoms with Gasteiger partial charge in [0, 0.05) is 22.7 Å². The van der Waals surface area contributed by atoms with Gasteiger partial charge in [0.1, 0.15) is 11.1 Å². The number of halogens is 1. The van der Waals surface area contributed by atoms with E-state index in [9.17, 15) is 4.79 Å². The highest BCUT2D eigenvalue weighted by atomic mass is 35.5. The minimum atomic E-state index is -0.698. The second-order valence-corrected chi connectivity index (χ2v) is 5.19. The number of aromatic nitrogens is 1.